The van der Waals surface area contributed by atoms with Gasteiger partial charge in [0.05, 0.1) is 18.0 Å². The normalized spacial score (nSPS) is 14.0. The maximum atomic E-state index is 9.48. The number of hydrogen-bond donors (Lipinski definition) is 0. The molecule has 0 aliphatic heterocycles. The first-order valence-corrected chi connectivity index (χ1v) is 15.6. The maximum absolute atomic E-state index is 9.48. The van der Waals surface area contributed by atoms with Crippen molar-refractivity contribution in [2.24, 2.45) is 0 Å². The average molecular weight is 623 g/mol. The molecule has 2 heteroatoms. The van der Waals surface area contributed by atoms with Gasteiger partial charge in [0.1, 0.15) is 11.2 Å². The van der Waals surface area contributed by atoms with Gasteiger partial charge in [-0.05, 0) is 75.6 Å². The van der Waals surface area contributed by atoms with Crippen molar-refractivity contribution >= 4 is 49.8 Å². The smallest absolute Gasteiger partial charge is 0.143 e. The summed E-state index contributed by atoms with van der Waals surface area (Å²) in [7, 11) is 0. The van der Waals surface area contributed by atoms with Crippen LogP contribution in [0.15, 0.2) is 192 Å². The highest BCUT2D eigenvalue weighted by Crippen LogP contribution is 2.44. The van der Waals surface area contributed by atoms with E-state index in [-0.39, 0.29) is 11.3 Å². The van der Waals surface area contributed by atoms with Crippen LogP contribution in [0.25, 0.3) is 66.1 Å². The van der Waals surface area contributed by atoms with Gasteiger partial charge in [-0.1, -0.05) is 145 Å². The Kier molecular flexibility index (Phi) is 4.90. The zero-order chi connectivity index (χ0) is 39.7. The Morgan fingerprint density at radius 2 is 1.17 bits per heavy atom. The highest BCUT2D eigenvalue weighted by Gasteiger charge is 2.19. The van der Waals surface area contributed by atoms with Gasteiger partial charge in [0.25, 0.3) is 0 Å². The van der Waals surface area contributed by atoms with Crippen molar-refractivity contribution in [3.63, 3.8) is 0 Å². The lowest BCUT2D eigenvalue weighted by atomic mass is 9.97. The lowest BCUT2D eigenvalue weighted by molar-refractivity contribution is 0.673. The summed E-state index contributed by atoms with van der Waals surface area (Å²) in [5.41, 5.74) is 5.15. The van der Waals surface area contributed by atoms with E-state index >= 15 is 0 Å². The Hall–Kier alpha value is -6.38. The van der Waals surface area contributed by atoms with E-state index in [0.29, 0.717) is 11.4 Å². The maximum Gasteiger partial charge on any atom is 0.143 e. The lowest BCUT2D eigenvalue weighted by Gasteiger charge is -2.28. The summed E-state index contributed by atoms with van der Waals surface area (Å²) < 4.78 is 85.7. The Balaban J connectivity index is 1.31. The Morgan fingerprint density at radius 3 is 2.04 bits per heavy atom. The first kappa shape index (κ1) is 20.0. The van der Waals surface area contributed by atoms with E-state index in [2.05, 4.69) is 18.2 Å². The molecule has 8 aromatic carbocycles. The number of benzene rings is 8. The number of fused-ring (bicyclic) bond motifs is 5. The molecule has 226 valence electrons. The second kappa shape index (κ2) is 11.8. The SMILES string of the molecule is [2H]c1c([2H])c([2H])c(-c2c([2H])c([2H])c(N(c3cccc(-c4cccc5oc6c7ccccc7ccc6c45)c3)c3ccccc3-c3ccccc3)c([2H])c2[2H])c([2H])c1[2H]. The van der Waals surface area contributed by atoms with Crippen molar-refractivity contribution < 1.29 is 16.8 Å². The third kappa shape index (κ3) is 4.83. The largest absolute Gasteiger partial charge is 0.455 e. The topological polar surface area (TPSA) is 16.4 Å². The predicted molar refractivity (Wildman–Crippen MR) is 202 cm³/mol. The molecule has 9 aromatic rings. The fraction of sp³-hybridized carbons (Fsp3) is 0. The molecule has 0 atom stereocenters. The van der Waals surface area contributed by atoms with Gasteiger partial charge >= 0.3 is 0 Å². The summed E-state index contributed by atoms with van der Waals surface area (Å²) in [5, 5.41) is 3.96. The third-order valence-electron chi connectivity index (χ3n) is 8.62. The lowest BCUT2D eigenvalue weighted by Crippen LogP contribution is -2.11. The van der Waals surface area contributed by atoms with E-state index < -0.39 is 59.9 Å². The molecule has 0 aliphatic rings. The zero-order valence-electron chi connectivity index (χ0n) is 34.6. The van der Waals surface area contributed by atoms with Crippen LogP contribution in [-0.4, -0.2) is 0 Å². The minimum absolute atomic E-state index is 0.0694. The minimum Gasteiger partial charge on any atom is -0.455 e. The van der Waals surface area contributed by atoms with E-state index in [1.165, 1.54) is 0 Å². The minimum atomic E-state index is -0.629. The molecule has 0 unspecified atom stereocenters. The van der Waals surface area contributed by atoms with Crippen molar-refractivity contribution in [1.29, 1.82) is 0 Å². The van der Waals surface area contributed by atoms with E-state index in [9.17, 15) is 5.48 Å². The molecule has 0 spiro atoms. The average Bonchev–Trinajstić information content (AvgIpc) is 3.64. The summed E-state index contributed by atoms with van der Waals surface area (Å²) in [5.74, 6) is 0. The number of rotatable bonds is 6. The molecule has 0 saturated carbocycles. The number of nitrogens with zero attached hydrogens (tertiary/aromatic N) is 1. The van der Waals surface area contributed by atoms with Crippen LogP contribution in [0, 0.1) is 0 Å². The fourth-order valence-electron chi connectivity index (χ4n) is 6.44. The van der Waals surface area contributed by atoms with Crippen LogP contribution in [-0.2, 0) is 0 Å². The molecule has 0 fully saturated rings. The molecule has 0 radical (unpaired) electrons. The predicted octanol–water partition coefficient (Wildman–Crippen LogP) is 13.2. The van der Waals surface area contributed by atoms with Gasteiger partial charge in [-0.15, -0.1) is 0 Å². The molecule has 1 heterocycles. The fourth-order valence-corrected chi connectivity index (χ4v) is 6.44. The van der Waals surface area contributed by atoms with Gasteiger partial charge in [0, 0.05) is 33.1 Å². The van der Waals surface area contributed by atoms with Gasteiger partial charge < -0.3 is 9.32 Å². The van der Waals surface area contributed by atoms with Gasteiger partial charge in [-0.3, -0.25) is 0 Å². The standard InChI is InChI=1S/C46H31NO/c1-3-13-32(14-4-1)33-25-28-37(29-26-33)47(43-23-10-9-20-39(43)34-15-5-2-6-16-34)38-19-11-18-36(31-38)40-22-12-24-44-45(40)42-30-27-35-17-7-8-21-41(35)46(42)48-44/h1-31H/i1D,3D,4D,13D,14D,25D,26D,28D,29D. The van der Waals surface area contributed by atoms with Gasteiger partial charge in [0.2, 0.25) is 0 Å². The highest BCUT2D eigenvalue weighted by molar-refractivity contribution is 6.19. The van der Waals surface area contributed by atoms with Crippen LogP contribution >= 0.6 is 0 Å². The monoisotopic (exact) mass is 622 g/mol. The number of hydrogen-bond acceptors (Lipinski definition) is 2. The molecule has 0 bridgehead atoms. The van der Waals surface area contributed by atoms with E-state index in [1.54, 1.807) is 4.90 Å². The van der Waals surface area contributed by atoms with Gasteiger partial charge in [0.15, 0.2) is 0 Å². The number of para-hydroxylation sites is 1. The molecule has 0 amide bonds. The first-order valence-electron chi connectivity index (χ1n) is 20.1. The summed E-state index contributed by atoms with van der Waals surface area (Å²) in [6.07, 6.45) is 0. The van der Waals surface area contributed by atoms with Crippen LogP contribution in [0.5, 0.6) is 0 Å². The Morgan fingerprint density at radius 1 is 0.458 bits per heavy atom. The Bertz CT molecular complexity index is 3030. The molecule has 2 nitrogen and oxygen atoms in total. The summed E-state index contributed by atoms with van der Waals surface area (Å²) >= 11 is 0. The number of anilines is 3. The quantitative estimate of drug-likeness (QED) is 0.183. The number of furan rings is 1. The Labute approximate surface area is 292 Å². The summed E-state index contributed by atoms with van der Waals surface area (Å²) in [6.45, 7) is 0. The summed E-state index contributed by atoms with van der Waals surface area (Å²) in [6, 6.07) is 38.0. The molecular weight excluding hydrogens is 583 g/mol. The van der Waals surface area contributed by atoms with Crippen LogP contribution in [0.1, 0.15) is 12.3 Å². The first-order chi connectivity index (χ1) is 27.6. The second-order valence-electron chi connectivity index (χ2n) is 11.4. The van der Waals surface area contributed by atoms with E-state index in [0.717, 1.165) is 55.0 Å². The van der Waals surface area contributed by atoms with Crippen molar-refractivity contribution in [3.8, 4) is 33.4 Å². The summed E-state index contributed by atoms with van der Waals surface area (Å²) in [4.78, 5) is 1.71. The third-order valence-corrected chi connectivity index (χ3v) is 8.62. The van der Waals surface area contributed by atoms with Crippen molar-refractivity contribution in [3.05, 3.63) is 188 Å². The molecule has 0 N–H and O–H groups in total. The van der Waals surface area contributed by atoms with Crippen molar-refractivity contribution in [1.82, 2.24) is 0 Å². The van der Waals surface area contributed by atoms with E-state index in [4.69, 9.17) is 11.3 Å². The van der Waals surface area contributed by atoms with Crippen LogP contribution < -0.4 is 4.90 Å². The van der Waals surface area contributed by atoms with Gasteiger partial charge in [-0.2, -0.15) is 0 Å². The molecule has 0 aliphatic carbocycles. The second-order valence-corrected chi connectivity index (χ2v) is 11.4. The molecule has 48 heavy (non-hydrogen) atoms. The van der Waals surface area contributed by atoms with Crippen LogP contribution in [0.4, 0.5) is 17.1 Å². The highest BCUT2D eigenvalue weighted by atomic mass is 16.3. The molecule has 1 aromatic heterocycles. The van der Waals surface area contributed by atoms with Gasteiger partial charge in [-0.25, -0.2) is 0 Å². The van der Waals surface area contributed by atoms with E-state index in [1.807, 2.05) is 115 Å². The van der Waals surface area contributed by atoms with Crippen molar-refractivity contribution in [2.45, 2.75) is 0 Å². The van der Waals surface area contributed by atoms with Crippen LogP contribution in [0.2, 0.25) is 0 Å². The molecular formula is C46H31NO. The van der Waals surface area contributed by atoms with Crippen LogP contribution in [0.3, 0.4) is 0 Å². The van der Waals surface area contributed by atoms with Crippen molar-refractivity contribution in [2.75, 3.05) is 4.90 Å². The molecule has 9 rings (SSSR count). The molecule has 0 saturated heterocycles. The zero-order valence-corrected chi connectivity index (χ0v) is 25.6.